The molecular weight excluding hydrogens is 447 g/mol. The van der Waals surface area contributed by atoms with Gasteiger partial charge >= 0.3 is 6.36 Å². The number of halogens is 3. The van der Waals surface area contributed by atoms with E-state index in [9.17, 15) is 13.2 Å². The number of aromatic nitrogens is 3. The number of nitrogens with two attached hydrogens (primary N) is 1. The topological polar surface area (TPSA) is 78.4 Å². The summed E-state index contributed by atoms with van der Waals surface area (Å²) in [4.78, 5) is 6.38. The molecule has 2 aromatic rings. The number of nitrogen functional groups attached to an aromatic ring is 1. The van der Waals surface area contributed by atoms with Crippen LogP contribution in [0.5, 0.6) is 5.75 Å². The summed E-state index contributed by atoms with van der Waals surface area (Å²) < 4.78 is 49.3. The zero-order valence-corrected chi connectivity index (χ0v) is 20.3. The highest BCUT2D eigenvalue weighted by Crippen LogP contribution is 2.59. The molecule has 0 bridgehead atoms. The third kappa shape index (κ3) is 5.33. The summed E-state index contributed by atoms with van der Waals surface area (Å²) in [6.45, 7) is 14.4. The Hall–Kier alpha value is -2.33. The van der Waals surface area contributed by atoms with E-state index in [0.717, 1.165) is 37.9 Å². The molecule has 7 nitrogen and oxygen atoms in total. The molecule has 3 aliphatic rings. The lowest BCUT2D eigenvalue weighted by atomic mass is 10.1. The molecule has 2 unspecified atom stereocenters. The molecule has 188 valence electrons. The maximum absolute atomic E-state index is 12.7. The van der Waals surface area contributed by atoms with Gasteiger partial charge in [-0.1, -0.05) is 20.8 Å². The van der Waals surface area contributed by atoms with Crippen LogP contribution in [-0.2, 0) is 4.74 Å². The molecule has 0 aromatic carbocycles. The Kier molecular flexibility index (Phi) is 6.83. The largest absolute Gasteiger partial charge is 0.573 e. The molecule has 4 heterocycles. The molecule has 1 saturated carbocycles. The first-order valence-electron chi connectivity index (χ1n) is 11.9. The monoisotopic (exact) mass is 481 g/mol. The van der Waals surface area contributed by atoms with Gasteiger partial charge in [0.1, 0.15) is 0 Å². The summed E-state index contributed by atoms with van der Waals surface area (Å²) in [6, 6.07) is 3.92. The first-order valence-corrected chi connectivity index (χ1v) is 11.9. The minimum atomic E-state index is -4.83. The van der Waals surface area contributed by atoms with Gasteiger partial charge in [0.15, 0.2) is 11.6 Å². The van der Waals surface area contributed by atoms with Crippen LogP contribution < -0.4 is 10.5 Å². The average Bonchev–Trinajstić information content (AvgIpc) is 3.02. The molecule has 2 aromatic heterocycles. The lowest BCUT2D eigenvalue weighted by Crippen LogP contribution is -2.48. The first-order chi connectivity index (χ1) is 15.9. The number of likely N-dealkylation sites (tertiary alicyclic amines) is 1. The maximum Gasteiger partial charge on any atom is 0.573 e. The molecular formula is C24H34F3N5O2. The normalized spacial score (nSPS) is 24.6. The van der Waals surface area contributed by atoms with Crippen LogP contribution in [0.3, 0.4) is 0 Å². The number of anilines is 1. The van der Waals surface area contributed by atoms with Crippen molar-refractivity contribution in [3.05, 3.63) is 24.0 Å². The smallest absolute Gasteiger partial charge is 0.402 e. The summed E-state index contributed by atoms with van der Waals surface area (Å²) in [5.41, 5.74) is 7.71. The number of alkyl halides is 3. The van der Waals surface area contributed by atoms with Crippen LogP contribution in [0.15, 0.2) is 18.3 Å². The summed E-state index contributed by atoms with van der Waals surface area (Å²) >= 11 is 0. The summed E-state index contributed by atoms with van der Waals surface area (Å²) in [6.07, 6.45) is -3.40. The molecule has 34 heavy (non-hydrogen) atoms. The minimum Gasteiger partial charge on any atom is -0.402 e. The van der Waals surface area contributed by atoms with Gasteiger partial charge < -0.3 is 15.2 Å². The fourth-order valence-electron chi connectivity index (χ4n) is 4.74. The van der Waals surface area contributed by atoms with E-state index in [-0.39, 0.29) is 11.9 Å². The minimum absolute atomic E-state index is 0.138. The lowest BCUT2D eigenvalue weighted by molar-refractivity contribution is -0.274. The van der Waals surface area contributed by atoms with Gasteiger partial charge in [-0.3, -0.25) is 9.58 Å². The van der Waals surface area contributed by atoms with Crippen molar-refractivity contribution in [3.63, 3.8) is 0 Å². The lowest BCUT2D eigenvalue weighted by Gasteiger charge is -2.35. The fraction of sp³-hybridized carbons (Fsp3) is 0.667. The second kappa shape index (κ2) is 9.37. The van der Waals surface area contributed by atoms with Gasteiger partial charge in [-0.2, -0.15) is 5.10 Å². The van der Waals surface area contributed by atoms with Crippen LogP contribution in [-0.4, -0.2) is 58.4 Å². The number of pyridine rings is 1. The molecule has 0 amide bonds. The van der Waals surface area contributed by atoms with E-state index in [2.05, 4.69) is 54.3 Å². The number of ether oxygens (including phenoxy) is 2. The Morgan fingerprint density at radius 3 is 2.21 bits per heavy atom. The van der Waals surface area contributed by atoms with Crippen molar-refractivity contribution >= 4 is 5.82 Å². The molecule has 3 fully saturated rings. The van der Waals surface area contributed by atoms with Crippen molar-refractivity contribution in [2.24, 2.45) is 17.8 Å². The van der Waals surface area contributed by atoms with E-state index in [1.54, 1.807) is 0 Å². The quantitative estimate of drug-likeness (QED) is 0.666. The van der Waals surface area contributed by atoms with Crippen molar-refractivity contribution in [3.8, 4) is 17.0 Å². The van der Waals surface area contributed by atoms with Crippen LogP contribution in [0.2, 0.25) is 0 Å². The van der Waals surface area contributed by atoms with Gasteiger partial charge in [-0.05, 0) is 43.7 Å². The number of hydrogen-bond donors (Lipinski definition) is 1. The number of rotatable bonds is 5. The van der Waals surface area contributed by atoms with Crippen molar-refractivity contribution in [2.75, 3.05) is 32.0 Å². The number of piperidine rings is 1. The second-order valence-electron chi connectivity index (χ2n) is 10.4. The molecule has 0 spiro atoms. The van der Waals surface area contributed by atoms with E-state index in [1.807, 2.05) is 10.7 Å². The van der Waals surface area contributed by atoms with Gasteiger partial charge in [-0.25, -0.2) is 4.98 Å². The number of hydrogen-bond acceptors (Lipinski definition) is 6. The van der Waals surface area contributed by atoms with E-state index < -0.39 is 12.1 Å². The first kappa shape index (κ1) is 24.8. The van der Waals surface area contributed by atoms with Gasteiger partial charge in [0, 0.05) is 42.5 Å². The van der Waals surface area contributed by atoms with E-state index in [4.69, 9.17) is 10.5 Å². The summed E-state index contributed by atoms with van der Waals surface area (Å²) in [5, 5.41) is 4.68. The van der Waals surface area contributed by atoms with E-state index in [1.165, 1.54) is 12.3 Å². The predicted molar refractivity (Wildman–Crippen MR) is 123 cm³/mol. The van der Waals surface area contributed by atoms with Crippen LogP contribution in [0.4, 0.5) is 19.0 Å². The molecule has 2 N–H and O–H groups in total. The Balaban J connectivity index is 0.000000636. The third-order valence-electron chi connectivity index (χ3n) is 6.36. The zero-order valence-electron chi connectivity index (χ0n) is 20.3. The molecule has 10 heteroatoms. The van der Waals surface area contributed by atoms with Crippen LogP contribution in [0.25, 0.3) is 11.3 Å². The molecule has 1 aliphatic carbocycles. The Morgan fingerprint density at radius 2 is 1.71 bits per heavy atom. The Bertz CT molecular complexity index is 988. The van der Waals surface area contributed by atoms with Crippen molar-refractivity contribution in [2.45, 2.75) is 59.0 Å². The number of fused-ring (bicyclic) bond motifs is 1. The molecule has 2 atom stereocenters. The third-order valence-corrected chi connectivity index (χ3v) is 6.36. The fourth-order valence-corrected chi connectivity index (χ4v) is 4.74. The molecule has 5 rings (SSSR count). The summed E-state index contributed by atoms with van der Waals surface area (Å²) in [5.74, 6) is 1.64. The van der Waals surface area contributed by atoms with Crippen molar-refractivity contribution in [1.82, 2.24) is 19.7 Å². The highest BCUT2D eigenvalue weighted by Gasteiger charge is 2.58. The van der Waals surface area contributed by atoms with Crippen LogP contribution >= 0.6 is 0 Å². The van der Waals surface area contributed by atoms with Crippen molar-refractivity contribution < 1.29 is 22.6 Å². The van der Waals surface area contributed by atoms with Gasteiger partial charge in [0.25, 0.3) is 0 Å². The SMILES string of the molecule is CC(C)C.CC(C)n1nc(-c2cnc(N)c(OC(F)(F)F)c2)cc1C1C2CN(C3COC3)CC21. The maximum atomic E-state index is 12.7. The number of nitrogens with zero attached hydrogens (tertiary/aromatic N) is 4. The van der Waals surface area contributed by atoms with E-state index in [0.29, 0.717) is 35.1 Å². The van der Waals surface area contributed by atoms with Crippen LogP contribution in [0, 0.1) is 17.8 Å². The van der Waals surface area contributed by atoms with Crippen LogP contribution in [0.1, 0.15) is 52.3 Å². The molecule has 2 aliphatic heterocycles. The summed E-state index contributed by atoms with van der Waals surface area (Å²) in [7, 11) is 0. The molecule has 0 radical (unpaired) electrons. The zero-order chi connectivity index (χ0) is 24.8. The van der Waals surface area contributed by atoms with Gasteiger partial charge in [-0.15, -0.1) is 13.2 Å². The molecule has 2 saturated heterocycles. The average molecular weight is 482 g/mol. The second-order valence-corrected chi connectivity index (χ2v) is 10.4. The Labute approximate surface area is 198 Å². The predicted octanol–water partition coefficient (Wildman–Crippen LogP) is 4.71. The highest BCUT2D eigenvalue weighted by atomic mass is 19.4. The van der Waals surface area contributed by atoms with E-state index >= 15 is 0 Å². The highest BCUT2D eigenvalue weighted by molar-refractivity contribution is 5.64. The van der Waals surface area contributed by atoms with Crippen molar-refractivity contribution in [1.29, 1.82) is 0 Å². The van der Waals surface area contributed by atoms with Gasteiger partial charge in [0.05, 0.1) is 24.9 Å². The standard InChI is InChI=1S/C20H24F3N5O2.C4H10/c1-10(2)28-16(18-13-6-27(7-14(13)18)12-8-29-9-12)4-15(26-28)11-3-17(19(24)25-5-11)30-20(21,22)23;1-4(2)3/h3-5,10,12-14,18H,6-9H2,1-2H3,(H2,24,25);4H,1-3H3. The van der Waals surface area contributed by atoms with Gasteiger partial charge in [0.2, 0.25) is 0 Å². The Morgan fingerprint density at radius 1 is 1.09 bits per heavy atom.